The van der Waals surface area contributed by atoms with Gasteiger partial charge in [-0.1, -0.05) is 27.2 Å². The number of aromatic nitrogens is 1. The quantitative estimate of drug-likeness (QED) is 0.706. The number of rotatable bonds is 7. The molecule has 0 unspecified atom stereocenters. The zero-order chi connectivity index (χ0) is 15.5. The Bertz CT molecular complexity index is 500. The number of ether oxygens (including phenoxy) is 1. The topological polar surface area (TPSA) is 31.2 Å². The zero-order valence-corrected chi connectivity index (χ0v) is 14.0. The molecule has 2 rings (SSSR count). The second-order valence-electron chi connectivity index (χ2n) is 7.06. The smallest absolute Gasteiger partial charge is 0.165 e. The predicted molar refractivity (Wildman–Crippen MR) is 85.9 cm³/mol. The normalized spacial score (nSPS) is 17.0. The fraction of sp³-hybridized carbons (Fsp3) is 0.722. The number of aryl methyl sites for hydroxylation is 1. The highest BCUT2D eigenvalue weighted by Gasteiger charge is 2.33. The largest absolute Gasteiger partial charge is 0.381 e. The summed E-state index contributed by atoms with van der Waals surface area (Å²) in [7, 11) is 0. The number of Topliss-reactive ketones (excluding diaryl/α,β-unsaturated/α-hetero) is 1. The Morgan fingerprint density at radius 2 is 1.95 bits per heavy atom. The molecule has 3 nitrogen and oxygen atoms in total. The molecule has 0 bridgehead atoms. The number of nitrogens with zero attached hydrogens (tertiary/aromatic N) is 1. The Morgan fingerprint density at radius 1 is 1.24 bits per heavy atom. The molecule has 118 valence electrons. The van der Waals surface area contributed by atoms with Crippen LogP contribution in [-0.2, 0) is 17.7 Å². The summed E-state index contributed by atoms with van der Waals surface area (Å²) in [4.78, 5) is 12.3. The van der Waals surface area contributed by atoms with E-state index in [0.717, 1.165) is 44.6 Å². The summed E-state index contributed by atoms with van der Waals surface area (Å²) in [5.74, 6) is 0.308. The molecular weight excluding hydrogens is 262 g/mol. The number of fused-ring (bicyclic) bond motifs is 1. The number of carbonyl (C=O) groups excluding carboxylic acids is 1. The molecule has 3 heteroatoms. The van der Waals surface area contributed by atoms with E-state index in [0.29, 0.717) is 12.2 Å². The number of hydrogen-bond acceptors (Lipinski definition) is 2. The van der Waals surface area contributed by atoms with Gasteiger partial charge < -0.3 is 9.30 Å². The van der Waals surface area contributed by atoms with Gasteiger partial charge in [0.05, 0.1) is 0 Å². The number of unbranched alkanes of at least 4 members (excludes halogenated alkanes) is 1. The molecule has 0 saturated heterocycles. The molecule has 0 amide bonds. The monoisotopic (exact) mass is 291 g/mol. The van der Waals surface area contributed by atoms with E-state index in [4.69, 9.17) is 4.74 Å². The minimum absolute atomic E-state index is 0.0876. The Morgan fingerprint density at radius 3 is 2.67 bits per heavy atom. The van der Waals surface area contributed by atoms with Crippen LogP contribution in [0.4, 0.5) is 0 Å². The van der Waals surface area contributed by atoms with Gasteiger partial charge in [0.2, 0.25) is 0 Å². The highest BCUT2D eigenvalue weighted by molar-refractivity contribution is 5.99. The van der Waals surface area contributed by atoms with Crippen LogP contribution in [0.3, 0.4) is 0 Å². The van der Waals surface area contributed by atoms with Gasteiger partial charge in [-0.05, 0) is 37.7 Å². The SMILES string of the molecule is CCCCOCCCn1c(C)cc2c1CC(C)(C)CC2=O. The van der Waals surface area contributed by atoms with Crippen molar-refractivity contribution in [2.45, 2.75) is 66.3 Å². The lowest BCUT2D eigenvalue weighted by molar-refractivity contribution is 0.0909. The summed E-state index contributed by atoms with van der Waals surface area (Å²) in [5, 5.41) is 0. The molecular formula is C18H29NO2. The van der Waals surface area contributed by atoms with Gasteiger partial charge in [-0.25, -0.2) is 0 Å². The number of hydrogen-bond donors (Lipinski definition) is 0. The minimum Gasteiger partial charge on any atom is -0.381 e. The fourth-order valence-electron chi connectivity index (χ4n) is 3.19. The standard InChI is InChI=1S/C18H29NO2/c1-5-6-9-21-10-7-8-19-14(2)11-15-16(19)12-18(3,4)13-17(15)20/h11H,5-10,12-13H2,1-4H3. The number of carbonyl (C=O) groups is 1. The summed E-state index contributed by atoms with van der Waals surface area (Å²) in [6.45, 7) is 11.3. The van der Waals surface area contributed by atoms with E-state index in [9.17, 15) is 4.79 Å². The van der Waals surface area contributed by atoms with Crippen LogP contribution >= 0.6 is 0 Å². The van der Waals surface area contributed by atoms with Gasteiger partial charge in [-0.15, -0.1) is 0 Å². The second kappa shape index (κ2) is 6.78. The second-order valence-corrected chi connectivity index (χ2v) is 7.06. The van der Waals surface area contributed by atoms with Crippen LogP contribution < -0.4 is 0 Å². The molecule has 0 atom stereocenters. The first-order valence-electron chi connectivity index (χ1n) is 8.24. The van der Waals surface area contributed by atoms with Gasteiger partial charge in [-0.3, -0.25) is 4.79 Å². The summed E-state index contributed by atoms with van der Waals surface area (Å²) < 4.78 is 7.97. The van der Waals surface area contributed by atoms with Crippen molar-refractivity contribution >= 4 is 5.78 Å². The fourth-order valence-corrected chi connectivity index (χ4v) is 3.19. The maximum atomic E-state index is 12.3. The van der Waals surface area contributed by atoms with Gasteiger partial charge in [0, 0.05) is 43.1 Å². The van der Waals surface area contributed by atoms with E-state index in [1.165, 1.54) is 17.8 Å². The summed E-state index contributed by atoms with van der Waals surface area (Å²) in [6.07, 6.45) is 5.00. The van der Waals surface area contributed by atoms with Crippen LogP contribution in [0.2, 0.25) is 0 Å². The molecule has 0 spiro atoms. The van der Waals surface area contributed by atoms with Crippen LogP contribution in [0.1, 0.15) is 68.2 Å². The molecule has 0 saturated carbocycles. The molecule has 0 radical (unpaired) electrons. The maximum Gasteiger partial charge on any atom is 0.165 e. The van der Waals surface area contributed by atoms with Crippen molar-refractivity contribution in [3.63, 3.8) is 0 Å². The molecule has 0 aliphatic heterocycles. The average Bonchev–Trinajstić information content (AvgIpc) is 2.69. The van der Waals surface area contributed by atoms with Gasteiger partial charge in [0.1, 0.15) is 0 Å². The Kier molecular flexibility index (Phi) is 5.26. The Balaban J connectivity index is 1.99. The average molecular weight is 291 g/mol. The predicted octanol–water partition coefficient (Wildman–Crippen LogP) is 4.16. The summed E-state index contributed by atoms with van der Waals surface area (Å²) in [6, 6.07) is 2.07. The Hall–Kier alpha value is -1.09. The van der Waals surface area contributed by atoms with Gasteiger partial charge in [-0.2, -0.15) is 0 Å². The molecule has 0 fully saturated rings. The van der Waals surface area contributed by atoms with Gasteiger partial charge >= 0.3 is 0 Å². The van der Waals surface area contributed by atoms with E-state index < -0.39 is 0 Å². The van der Waals surface area contributed by atoms with Crippen molar-refractivity contribution < 1.29 is 9.53 Å². The van der Waals surface area contributed by atoms with Crippen LogP contribution in [0.25, 0.3) is 0 Å². The zero-order valence-electron chi connectivity index (χ0n) is 14.0. The first kappa shape index (κ1) is 16.3. The molecule has 0 aromatic carbocycles. The van der Waals surface area contributed by atoms with Crippen LogP contribution in [0.15, 0.2) is 6.07 Å². The Labute approximate surface area is 128 Å². The molecule has 0 N–H and O–H groups in total. The number of ketones is 1. The third-order valence-corrected chi connectivity index (χ3v) is 4.31. The molecule has 1 heterocycles. The first-order valence-corrected chi connectivity index (χ1v) is 8.24. The third-order valence-electron chi connectivity index (χ3n) is 4.31. The summed E-state index contributed by atoms with van der Waals surface area (Å²) >= 11 is 0. The first-order chi connectivity index (χ1) is 9.94. The van der Waals surface area contributed by atoms with Crippen LogP contribution in [-0.4, -0.2) is 23.6 Å². The highest BCUT2D eigenvalue weighted by Crippen LogP contribution is 2.36. The van der Waals surface area contributed by atoms with Gasteiger partial charge in [0.25, 0.3) is 0 Å². The molecule has 1 aromatic rings. The van der Waals surface area contributed by atoms with E-state index in [1.54, 1.807) is 0 Å². The van der Waals surface area contributed by atoms with Crippen molar-refractivity contribution in [1.82, 2.24) is 4.57 Å². The van der Waals surface area contributed by atoms with Crippen molar-refractivity contribution in [1.29, 1.82) is 0 Å². The molecule has 1 aliphatic rings. The van der Waals surface area contributed by atoms with Crippen molar-refractivity contribution in [2.75, 3.05) is 13.2 Å². The van der Waals surface area contributed by atoms with Crippen molar-refractivity contribution in [2.24, 2.45) is 5.41 Å². The van der Waals surface area contributed by atoms with Crippen LogP contribution in [0.5, 0.6) is 0 Å². The van der Waals surface area contributed by atoms with E-state index in [-0.39, 0.29) is 5.41 Å². The lowest BCUT2D eigenvalue weighted by Gasteiger charge is -2.30. The van der Waals surface area contributed by atoms with Crippen molar-refractivity contribution in [3.8, 4) is 0 Å². The maximum absolute atomic E-state index is 12.3. The lowest BCUT2D eigenvalue weighted by atomic mass is 9.76. The highest BCUT2D eigenvalue weighted by atomic mass is 16.5. The van der Waals surface area contributed by atoms with E-state index in [1.807, 2.05) is 0 Å². The molecule has 1 aromatic heterocycles. The van der Waals surface area contributed by atoms with Gasteiger partial charge in [0.15, 0.2) is 5.78 Å². The van der Waals surface area contributed by atoms with E-state index in [2.05, 4.69) is 38.3 Å². The third kappa shape index (κ3) is 3.97. The summed E-state index contributed by atoms with van der Waals surface area (Å²) in [5.41, 5.74) is 3.49. The van der Waals surface area contributed by atoms with Crippen molar-refractivity contribution in [3.05, 3.63) is 23.0 Å². The van der Waals surface area contributed by atoms with Crippen LogP contribution in [0, 0.1) is 12.3 Å². The van der Waals surface area contributed by atoms with E-state index >= 15 is 0 Å². The minimum atomic E-state index is 0.0876. The molecule has 21 heavy (non-hydrogen) atoms. The lowest BCUT2D eigenvalue weighted by Crippen LogP contribution is -2.28. The molecule has 1 aliphatic carbocycles.